The van der Waals surface area contributed by atoms with Gasteiger partial charge in [0.05, 0.1) is 5.56 Å². The van der Waals surface area contributed by atoms with Crippen molar-refractivity contribution < 1.29 is 18.0 Å². The lowest BCUT2D eigenvalue weighted by atomic mass is 9.90. The van der Waals surface area contributed by atoms with Gasteiger partial charge in [0.15, 0.2) is 0 Å². The molecule has 0 saturated carbocycles. The smallest absolute Gasteiger partial charge is 0.337 e. The highest BCUT2D eigenvalue weighted by Crippen LogP contribution is 2.33. The summed E-state index contributed by atoms with van der Waals surface area (Å²) in [6.07, 6.45) is 1.02. The Kier molecular flexibility index (Phi) is 6.42. The van der Waals surface area contributed by atoms with E-state index in [1.165, 1.54) is 6.07 Å². The van der Waals surface area contributed by atoms with E-state index in [1.807, 2.05) is 11.8 Å². The molecule has 28 heavy (non-hydrogen) atoms. The summed E-state index contributed by atoms with van der Waals surface area (Å²) in [5.74, 6) is 0.174. The van der Waals surface area contributed by atoms with Crippen LogP contribution in [0.3, 0.4) is 0 Å². The lowest BCUT2D eigenvalue weighted by molar-refractivity contribution is -0.138. The van der Waals surface area contributed by atoms with E-state index >= 15 is 0 Å². The highest BCUT2D eigenvalue weighted by Gasteiger charge is 2.33. The van der Waals surface area contributed by atoms with Crippen LogP contribution in [-0.2, 0) is 19.1 Å². The molecule has 7 heteroatoms. The third kappa shape index (κ3) is 4.75. The van der Waals surface area contributed by atoms with Crippen LogP contribution in [0, 0.1) is 5.92 Å². The Balaban J connectivity index is 1.63. The van der Waals surface area contributed by atoms with Crippen molar-refractivity contribution in [1.82, 2.24) is 14.7 Å². The Morgan fingerprint density at radius 2 is 2.04 bits per heavy atom. The monoisotopic (exact) mass is 393 g/mol. The average Bonchev–Trinajstić information content (AvgIpc) is 3.14. The molecule has 3 rings (SSSR count). The van der Waals surface area contributed by atoms with E-state index in [-0.39, 0.29) is 11.8 Å². The SMILES string of the molecule is CCCn1nccc1C(=O)N1CCC[C@H](CCc2ccccc2C(F)(F)F)C1. The van der Waals surface area contributed by atoms with Gasteiger partial charge >= 0.3 is 6.18 Å². The molecule has 1 saturated heterocycles. The highest BCUT2D eigenvalue weighted by atomic mass is 19.4. The molecule has 1 amide bonds. The van der Waals surface area contributed by atoms with Crippen LogP contribution < -0.4 is 0 Å². The number of benzene rings is 1. The highest BCUT2D eigenvalue weighted by molar-refractivity contribution is 5.92. The van der Waals surface area contributed by atoms with Gasteiger partial charge in [0.1, 0.15) is 5.69 Å². The summed E-state index contributed by atoms with van der Waals surface area (Å²) >= 11 is 0. The van der Waals surface area contributed by atoms with Gasteiger partial charge in [0.2, 0.25) is 0 Å². The molecule has 1 aliphatic rings. The number of nitrogens with zero attached hydrogens (tertiary/aromatic N) is 3. The Morgan fingerprint density at radius 1 is 1.25 bits per heavy atom. The third-order valence-corrected chi connectivity index (χ3v) is 5.32. The molecule has 4 nitrogen and oxygen atoms in total. The van der Waals surface area contributed by atoms with Gasteiger partial charge < -0.3 is 4.90 Å². The van der Waals surface area contributed by atoms with Gasteiger partial charge in [-0.3, -0.25) is 9.48 Å². The Labute approximate surface area is 163 Å². The number of hydrogen-bond acceptors (Lipinski definition) is 2. The number of rotatable bonds is 6. The molecule has 0 aliphatic carbocycles. The number of hydrogen-bond donors (Lipinski definition) is 0. The zero-order valence-corrected chi connectivity index (χ0v) is 16.1. The topological polar surface area (TPSA) is 38.1 Å². The summed E-state index contributed by atoms with van der Waals surface area (Å²) in [5, 5.41) is 4.21. The predicted octanol–water partition coefficient (Wildman–Crippen LogP) is 4.80. The lowest BCUT2D eigenvalue weighted by Gasteiger charge is -2.33. The van der Waals surface area contributed by atoms with E-state index in [0.717, 1.165) is 25.3 Å². The summed E-state index contributed by atoms with van der Waals surface area (Å²) in [5.41, 5.74) is 0.367. The first-order valence-electron chi connectivity index (χ1n) is 9.86. The van der Waals surface area contributed by atoms with Gasteiger partial charge in [0, 0.05) is 25.8 Å². The standard InChI is InChI=1S/C21H26F3N3O/c1-2-13-27-19(11-12-25-27)20(28)26-14-5-6-16(15-26)9-10-17-7-3-4-8-18(17)21(22,23)24/h3-4,7-8,11-12,16H,2,5-6,9-10,13-15H2,1H3/t16-/m1/s1. The van der Waals surface area contributed by atoms with Crippen molar-refractivity contribution in [2.75, 3.05) is 13.1 Å². The second kappa shape index (κ2) is 8.80. The quantitative estimate of drug-likeness (QED) is 0.707. The Hall–Kier alpha value is -2.31. The molecule has 2 heterocycles. The molecule has 2 aromatic rings. The van der Waals surface area contributed by atoms with Crippen LogP contribution in [0.2, 0.25) is 0 Å². The molecule has 0 bridgehead atoms. The number of alkyl halides is 3. The minimum absolute atomic E-state index is 0.0358. The van der Waals surface area contributed by atoms with E-state index in [2.05, 4.69) is 5.10 Å². The van der Waals surface area contributed by atoms with Crippen LogP contribution in [0.1, 0.15) is 54.2 Å². The van der Waals surface area contributed by atoms with Crippen LogP contribution in [0.5, 0.6) is 0 Å². The van der Waals surface area contributed by atoms with Gasteiger partial charge in [-0.15, -0.1) is 0 Å². The number of carbonyl (C=O) groups is 1. The van der Waals surface area contributed by atoms with Crippen LogP contribution in [0.25, 0.3) is 0 Å². The molecule has 152 valence electrons. The van der Waals surface area contributed by atoms with Crippen molar-refractivity contribution in [1.29, 1.82) is 0 Å². The van der Waals surface area contributed by atoms with Crippen molar-refractivity contribution >= 4 is 5.91 Å². The van der Waals surface area contributed by atoms with Crippen LogP contribution in [0.15, 0.2) is 36.5 Å². The summed E-state index contributed by atoms with van der Waals surface area (Å²) < 4.78 is 41.3. The van der Waals surface area contributed by atoms with Gasteiger partial charge in [-0.1, -0.05) is 25.1 Å². The van der Waals surface area contributed by atoms with Crippen molar-refractivity contribution in [3.63, 3.8) is 0 Å². The third-order valence-electron chi connectivity index (χ3n) is 5.32. The first-order valence-corrected chi connectivity index (χ1v) is 9.86. The first kappa shape index (κ1) is 20.4. The second-order valence-electron chi connectivity index (χ2n) is 7.39. The first-order chi connectivity index (χ1) is 13.4. The molecule has 1 aliphatic heterocycles. The van der Waals surface area contributed by atoms with E-state index in [1.54, 1.807) is 29.1 Å². The zero-order valence-electron chi connectivity index (χ0n) is 16.1. The van der Waals surface area contributed by atoms with E-state index in [9.17, 15) is 18.0 Å². The van der Waals surface area contributed by atoms with E-state index < -0.39 is 11.7 Å². The normalized spacial score (nSPS) is 17.7. The van der Waals surface area contributed by atoms with Gasteiger partial charge in [0.25, 0.3) is 5.91 Å². The Bertz CT molecular complexity index is 800. The molecular formula is C21H26F3N3O. The fraction of sp³-hybridized carbons (Fsp3) is 0.524. The summed E-state index contributed by atoms with van der Waals surface area (Å²) in [6, 6.07) is 7.50. The van der Waals surface area contributed by atoms with Gasteiger partial charge in [-0.2, -0.15) is 18.3 Å². The van der Waals surface area contributed by atoms with Crippen LogP contribution in [-0.4, -0.2) is 33.7 Å². The second-order valence-corrected chi connectivity index (χ2v) is 7.39. The molecule has 0 spiro atoms. The minimum Gasteiger partial charge on any atom is -0.337 e. The van der Waals surface area contributed by atoms with Crippen LogP contribution >= 0.6 is 0 Å². The largest absolute Gasteiger partial charge is 0.416 e. The molecule has 1 aromatic carbocycles. The van der Waals surface area contributed by atoms with Crippen molar-refractivity contribution in [3.8, 4) is 0 Å². The maximum atomic E-state index is 13.2. The zero-order chi connectivity index (χ0) is 20.1. The lowest BCUT2D eigenvalue weighted by Crippen LogP contribution is -2.41. The van der Waals surface area contributed by atoms with Crippen molar-refractivity contribution in [2.24, 2.45) is 5.92 Å². The van der Waals surface area contributed by atoms with E-state index in [4.69, 9.17) is 0 Å². The average molecular weight is 393 g/mol. The van der Waals surface area contributed by atoms with Crippen molar-refractivity contribution in [3.05, 3.63) is 53.3 Å². The molecule has 1 aromatic heterocycles. The van der Waals surface area contributed by atoms with Gasteiger partial charge in [-0.25, -0.2) is 0 Å². The summed E-state index contributed by atoms with van der Waals surface area (Å²) in [6.45, 7) is 4.00. The molecule has 1 fully saturated rings. The number of carbonyl (C=O) groups excluding carboxylic acids is 1. The van der Waals surface area contributed by atoms with Crippen LogP contribution in [0.4, 0.5) is 13.2 Å². The maximum Gasteiger partial charge on any atom is 0.416 e. The number of amides is 1. The number of piperidine rings is 1. The predicted molar refractivity (Wildman–Crippen MR) is 101 cm³/mol. The Morgan fingerprint density at radius 3 is 2.79 bits per heavy atom. The van der Waals surface area contributed by atoms with Gasteiger partial charge in [-0.05, 0) is 55.7 Å². The number of aryl methyl sites for hydroxylation is 2. The molecule has 0 N–H and O–H groups in total. The molecule has 1 atom stereocenters. The molecule has 0 unspecified atom stereocenters. The fourth-order valence-electron chi connectivity index (χ4n) is 3.93. The minimum atomic E-state index is -4.33. The van der Waals surface area contributed by atoms with Crippen molar-refractivity contribution in [2.45, 2.75) is 51.7 Å². The molecular weight excluding hydrogens is 367 g/mol. The fourth-order valence-corrected chi connectivity index (χ4v) is 3.93. The summed E-state index contributed by atoms with van der Waals surface area (Å²) in [7, 11) is 0. The summed E-state index contributed by atoms with van der Waals surface area (Å²) in [4.78, 5) is 14.7. The maximum absolute atomic E-state index is 13.2. The number of likely N-dealkylation sites (tertiary alicyclic amines) is 1. The molecule has 0 radical (unpaired) electrons. The van der Waals surface area contributed by atoms with E-state index in [0.29, 0.717) is 43.7 Å². The number of halogens is 3. The number of aromatic nitrogens is 2.